The molecule has 1 rings (SSSR count). The Morgan fingerprint density at radius 3 is 2.67 bits per heavy atom. The molecule has 1 atom stereocenters. The van der Waals surface area contributed by atoms with Gasteiger partial charge in [-0.3, -0.25) is 0 Å². The minimum Gasteiger partial charge on any atom is -0.447 e. The second-order valence-corrected chi connectivity index (χ2v) is 1.68. The van der Waals surface area contributed by atoms with E-state index in [0.717, 1.165) is 0 Å². The van der Waals surface area contributed by atoms with Crippen molar-refractivity contribution in [3.8, 4) is 0 Å². The monoisotopic (exact) mass is 137 g/mol. The van der Waals surface area contributed by atoms with Gasteiger partial charge in [-0.05, 0) is 0 Å². The van der Waals surface area contributed by atoms with Crippen molar-refractivity contribution in [3.63, 3.8) is 0 Å². The summed E-state index contributed by atoms with van der Waals surface area (Å²) in [5, 5.41) is 1.94. The Kier molecular flexibility index (Phi) is 1.50. The average molecular weight is 137 g/mol. The van der Waals surface area contributed by atoms with E-state index in [1.54, 1.807) is 0 Å². The summed E-state index contributed by atoms with van der Waals surface area (Å²) in [5.41, 5.74) is 0. The van der Waals surface area contributed by atoms with Gasteiger partial charge >= 0.3 is 6.09 Å². The van der Waals surface area contributed by atoms with Gasteiger partial charge in [0.25, 0.3) is 6.43 Å². The second kappa shape index (κ2) is 2.16. The molecule has 1 N–H and O–H groups in total. The Morgan fingerprint density at radius 1 is 1.78 bits per heavy atom. The van der Waals surface area contributed by atoms with E-state index < -0.39 is 18.6 Å². The fourth-order valence-electron chi connectivity index (χ4n) is 0.536. The highest BCUT2D eigenvalue weighted by Crippen LogP contribution is 2.06. The number of rotatable bonds is 1. The fourth-order valence-corrected chi connectivity index (χ4v) is 0.536. The molecule has 0 aliphatic carbocycles. The van der Waals surface area contributed by atoms with Crippen LogP contribution in [0.15, 0.2) is 0 Å². The summed E-state index contributed by atoms with van der Waals surface area (Å²) in [6.07, 6.45) is -3.29. The molecule has 0 unspecified atom stereocenters. The number of carbonyl (C=O) groups excluding carboxylic acids is 1. The average Bonchev–Trinajstić information content (AvgIpc) is 2.14. The van der Waals surface area contributed by atoms with E-state index in [0.29, 0.717) is 0 Å². The van der Waals surface area contributed by atoms with Crippen molar-refractivity contribution < 1.29 is 18.3 Å². The molecule has 52 valence electrons. The van der Waals surface area contributed by atoms with E-state index in [1.165, 1.54) is 0 Å². The molecule has 3 nitrogen and oxygen atoms in total. The summed E-state index contributed by atoms with van der Waals surface area (Å²) in [6.45, 7) is -0.226. The van der Waals surface area contributed by atoms with Gasteiger partial charge in [0.1, 0.15) is 12.6 Å². The number of ether oxygens (including phenoxy) is 1. The summed E-state index contributed by atoms with van der Waals surface area (Å²) in [4.78, 5) is 10.1. The van der Waals surface area contributed by atoms with E-state index >= 15 is 0 Å². The molecule has 1 aliphatic rings. The first-order valence-corrected chi connectivity index (χ1v) is 2.41. The molecular weight excluding hydrogens is 132 g/mol. The Labute approximate surface area is 50.0 Å². The maximum absolute atomic E-state index is 11.6. The summed E-state index contributed by atoms with van der Waals surface area (Å²) < 4.78 is 27.4. The third kappa shape index (κ3) is 1.28. The molecule has 0 aromatic heterocycles. The van der Waals surface area contributed by atoms with Gasteiger partial charge < -0.3 is 10.1 Å². The third-order valence-corrected chi connectivity index (χ3v) is 1.00. The lowest BCUT2D eigenvalue weighted by atomic mass is 10.3. The third-order valence-electron chi connectivity index (χ3n) is 1.00. The maximum Gasteiger partial charge on any atom is 0.407 e. The molecule has 9 heavy (non-hydrogen) atoms. The lowest BCUT2D eigenvalue weighted by Crippen LogP contribution is -2.32. The molecule has 0 radical (unpaired) electrons. The van der Waals surface area contributed by atoms with Crippen LogP contribution in [0, 0.1) is 0 Å². The molecule has 0 aromatic rings. The van der Waals surface area contributed by atoms with Gasteiger partial charge in [0.2, 0.25) is 0 Å². The van der Waals surface area contributed by atoms with Gasteiger partial charge in [-0.2, -0.15) is 0 Å². The minimum absolute atomic E-state index is 0.226. The molecular formula is C4H5F2NO2. The molecule has 0 aromatic carbocycles. The zero-order valence-electron chi connectivity index (χ0n) is 4.43. The van der Waals surface area contributed by atoms with Gasteiger partial charge in [0.15, 0.2) is 0 Å². The van der Waals surface area contributed by atoms with E-state index in [2.05, 4.69) is 4.74 Å². The van der Waals surface area contributed by atoms with E-state index in [-0.39, 0.29) is 6.61 Å². The first kappa shape index (κ1) is 6.25. The van der Waals surface area contributed by atoms with E-state index in [1.807, 2.05) is 5.32 Å². The van der Waals surface area contributed by atoms with Crippen LogP contribution in [-0.2, 0) is 4.74 Å². The number of nitrogens with one attached hydrogen (secondary N) is 1. The van der Waals surface area contributed by atoms with Crippen LogP contribution < -0.4 is 5.32 Å². The first-order chi connectivity index (χ1) is 4.20. The van der Waals surface area contributed by atoms with E-state index in [9.17, 15) is 13.6 Å². The SMILES string of the molecule is O=C1N[C@@H](C(F)F)CO1. The summed E-state index contributed by atoms with van der Waals surface area (Å²) in [5.74, 6) is 0. The van der Waals surface area contributed by atoms with Gasteiger partial charge in [0.05, 0.1) is 0 Å². The zero-order valence-corrected chi connectivity index (χ0v) is 4.43. The van der Waals surface area contributed by atoms with Crippen molar-refractivity contribution in [2.75, 3.05) is 6.61 Å². The predicted octanol–water partition coefficient (Wildman–Crippen LogP) is 0.360. The van der Waals surface area contributed by atoms with Crippen LogP contribution in [0.3, 0.4) is 0 Å². The number of cyclic esters (lactones) is 1. The maximum atomic E-state index is 11.6. The molecule has 1 heterocycles. The Morgan fingerprint density at radius 2 is 2.44 bits per heavy atom. The Hall–Kier alpha value is -0.870. The standard InChI is InChI=1S/C4H5F2NO2/c5-3(6)2-1-9-4(8)7-2/h2-3H,1H2,(H,7,8)/t2-/m1/s1. The number of hydrogen-bond acceptors (Lipinski definition) is 2. The molecule has 1 fully saturated rings. The van der Waals surface area contributed by atoms with Gasteiger partial charge in [-0.15, -0.1) is 0 Å². The zero-order chi connectivity index (χ0) is 6.85. The molecule has 1 saturated heterocycles. The first-order valence-electron chi connectivity index (χ1n) is 2.41. The number of alkyl carbamates (subject to hydrolysis) is 1. The summed E-state index contributed by atoms with van der Waals surface area (Å²) >= 11 is 0. The van der Waals surface area contributed by atoms with Gasteiger partial charge in [-0.1, -0.05) is 0 Å². The fraction of sp³-hybridized carbons (Fsp3) is 0.750. The van der Waals surface area contributed by atoms with Crippen molar-refractivity contribution >= 4 is 6.09 Å². The molecule has 0 saturated carbocycles. The molecule has 0 spiro atoms. The number of halogens is 2. The smallest absolute Gasteiger partial charge is 0.407 e. The Bertz CT molecular complexity index is 128. The van der Waals surface area contributed by atoms with Crippen LogP contribution in [0.5, 0.6) is 0 Å². The van der Waals surface area contributed by atoms with Crippen molar-refractivity contribution in [2.45, 2.75) is 12.5 Å². The van der Waals surface area contributed by atoms with Crippen LogP contribution >= 0.6 is 0 Å². The molecule has 1 amide bonds. The van der Waals surface area contributed by atoms with Crippen molar-refractivity contribution in [1.82, 2.24) is 5.32 Å². The van der Waals surface area contributed by atoms with Crippen molar-refractivity contribution in [3.05, 3.63) is 0 Å². The minimum atomic E-state index is -2.53. The number of hydrogen-bond donors (Lipinski definition) is 1. The van der Waals surface area contributed by atoms with Gasteiger partial charge in [-0.25, -0.2) is 13.6 Å². The largest absolute Gasteiger partial charge is 0.447 e. The lowest BCUT2D eigenvalue weighted by Gasteiger charge is -2.02. The van der Waals surface area contributed by atoms with Crippen LogP contribution in [0.1, 0.15) is 0 Å². The number of alkyl halides is 2. The summed E-state index contributed by atoms with van der Waals surface area (Å²) in [7, 11) is 0. The van der Waals surface area contributed by atoms with Crippen LogP contribution in [-0.4, -0.2) is 25.2 Å². The summed E-state index contributed by atoms with van der Waals surface area (Å²) in [6, 6.07) is -1.11. The van der Waals surface area contributed by atoms with Crippen LogP contribution in [0.25, 0.3) is 0 Å². The normalized spacial score (nSPS) is 26.1. The van der Waals surface area contributed by atoms with Crippen molar-refractivity contribution in [1.29, 1.82) is 0 Å². The van der Waals surface area contributed by atoms with Crippen LogP contribution in [0.4, 0.5) is 13.6 Å². The highest BCUT2D eigenvalue weighted by Gasteiger charge is 2.29. The quantitative estimate of drug-likeness (QED) is 0.566. The number of amides is 1. The topological polar surface area (TPSA) is 38.3 Å². The number of carbonyl (C=O) groups is 1. The molecule has 5 heteroatoms. The predicted molar refractivity (Wildman–Crippen MR) is 24.3 cm³/mol. The highest BCUT2D eigenvalue weighted by molar-refractivity contribution is 5.69. The van der Waals surface area contributed by atoms with Gasteiger partial charge in [0, 0.05) is 0 Å². The highest BCUT2D eigenvalue weighted by atomic mass is 19.3. The lowest BCUT2D eigenvalue weighted by molar-refractivity contribution is 0.0986. The second-order valence-electron chi connectivity index (χ2n) is 1.68. The molecule has 1 aliphatic heterocycles. The van der Waals surface area contributed by atoms with E-state index in [4.69, 9.17) is 0 Å². The van der Waals surface area contributed by atoms with Crippen LogP contribution in [0.2, 0.25) is 0 Å². The van der Waals surface area contributed by atoms with Crippen molar-refractivity contribution in [2.24, 2.45) is 0 Å². The molecule has 0 bridgehead atoms. The Balaban J connectivity index is 2.39.